The average molecular weight is 268 g/mol. The molecule has 1 aromatic carbocycles. The summed E-state index contributed by atoms with van der Waals surface area (Å²) in [7, 11) is 1.88. The molecule has 1 atom stereocenters. The van der Waals surface area contributed by atoms with E-state index in [-0.39, 0.29) is 6.04 Å². The van der Waals surface area contributed by atoms with Gasteiger partial charge in [-0.05, 0) is 25.6 Å². The topological polar surface area (TPSA) is 63.8 Å². The lowest BCUT2D eigenvalue weighted by Crippen LogP contribution is -2.15. The first kappa shape index (κ1) is 12.7. The van der Waals surface area contributed by atoms with Crippen LogP contribution in [0.1, 0.15) is 25.3 Å². The third-order valence-electron chi connectivity index (χ3n) is 3.32. The zero-order valence-corrected chi connectivity index (χ0v) is 11.5. The molecule has 0 fully saturated rings. The fourth-order valence-electron chi connectivity index (χ4n) is 2.17. The molecule has 0 saturated heterocycles. The number of fused-ring (bicyclic) bond motifs is 1. The van der Waals surface area contributed by atoms with Crippen LogP contribution < -0.4 is 5.32 Å². The van der Waals surface area contributed by atoms with Gasteiger partial charge in [-0.25, -0.2) is 4.98 Å². The number of aromatic nitrogens is 3. The molecule has 0 radical (unpaired) electrons. The van der Waals surface area contributed by atoms with Crippen molar-refractivity contribution < 1.29 is 4.52 Å². The van der Waals surface area contributed by atoms with Crippen molar-refractivity contribution in [2.24, 2.45) is 0 Å². The molecule has 1 unspecified atom stereocenters. The number of benzene rings is 1. The molecule has 5 nitrogen and oxygen atoms in total. The molecule has 1 N–H and O–H groups in total. The molecule has 0 bridgehead atoms. The summed E-state index contributed by atoms with van der Waals surface area (Å²) in [5, 5.41) is 8.27. The van der Waals surface area contributed by atoms with Crippen LogP contribution in [0.3, 0.4) is 0 Å². The van der Waals surface area contributed by atoms with Gasteiger partial charge < -0.3 is 9.84 Å². The van der Waals surface area contributed by atoms with Gasteiger partial charge in [-0.2, -0.15) is 4.98 Å². The van der Waals surface area contributed by atoms with Crippen LogP contribution in [0.15, 0.2) is 40.9 Å². The first-order valence-corrected chi connectivity index (χ1v) is 6.69. The summed E-state index contributed by atoms with van der Waals surface area (Å²) < 4.78 is 5.31. The number of pyridine rings is 1. The third kappa shape index (κ3) is 2.28. The summed E-state index contributed by atoms with van der Waals surface area (Å²) in [6.45, 7) is 2.07. The monoisotopic (exact) mass is 268 g/mol. The molecule has 5 heteroatoms. The Morgan fingerprint density at radius 1 is 1.15 bits per heavy atom. The Hall–Kier alpha value is -2.27. The first-order valence-electron chi connectivity index (χ1n) is 6.69. The normalized spacial score (nSPS) is 12.7. The lowest BCUT2D eigenvalue weighted by Gasteiger charge is -2.06. The molecule has 102 valence electrons. The van der Waals surface area contributed by atoms with Gasteiger partial charge in [-0.1, -0.05) is 36.3 Å². The molecular formula is C15H16N4O. The van der Waals surface area contributed by atoms with Crippen LogP contribution in [-0.2, 0) is 0 Å². The fourth-order valence-corrected chi connectivity index (χ4v) is 2.17. The van der Waals surface area contributed by atoms with E-state index in [4.69, 9.17) is 4.52 Å². The van der Waals surface area contributed by atoms with Crippen molar-refractivity contribution in [2.75, 3.05) is 7.05 Å². The van der Waals surface area contributed by atoms with E-state index >= 15 is 0 Å². The zero-order valence-electron chi connectivity index (χ0n) is 11.5. The maximum atomic E-state index is 5.31. The Morgan fingerprint density at radius 3 is 2.80 bits per heavy atom. The van der Waals surface area contributed by atoms with Crippen molar-refractivity contribution >= 4 is 10.9 Å². The largest absolute Gasteiger partial charge is 0.337 e. The molecule has 3 aromatic rings. The van der Waals surface area contributed by atoms with Gasteiger partial charge in [0.05, 0.1) is 11.6 Å². The van der Waals surface area contributed by atoms with Crippen molar-refractivity contribution in [2.45, 2.75) is 19.4 Å². The molecule has 0 saturated carbocycles. The Kier molecular flexibility index (Phi) is 3.43. The molecule has 0 amide bonds. The van der Waals surface area contributed by atoms with Crippen LogP contribution in [0.2, 0.25) is 0 Å². The summed E-state index contributed by atoms with van der Waals surface area (Å²) in [4.78, 5) is 8.99. The summed E-state index contributed by atoms with van der Waals surface area (Å²) in [5.41, 5.74) is 1.65. The first-order chi connectivity index (χ1) is 9.81. The minimum atomic E-state index is 0.0803. The highest BCUT2D eigenvalue weighted by atomic mass is 16.5. The van der Waals surface area contributed by atoms with Gasteiger partial charge in [-0.3, -0.25) is 0 Å². The number of nitrogens with zero attached hydrogens (tertiary/aromatic N) is 3. The van der Waals surface area contributed by atoms with Crippen LogP contribution in [0.4, 0.5) is 0 Å². The molecule has 0 aliphatic carbocycles. The van der Waals surface area contributed by atoms with Crippen LogP contribution in [0.25, 0.3) is 22.4 Å². The number of nitrogens with one attached hydrogen (secondary N) is 1. The second-order valence-electron chi connectivity index (χ2n) is 4.59. The molecular weight excluding hydrogens is 252 g/mol. The third-order valence-corrected chi connectivity index (χ3v) is 3.32. The number of para-hydroxylation sites is 1. The van der Waals surface area contributed by atoms with Crippen LogP contribution in [0, 0.1) is 0 Å². The van der Waals surface area contributed by atoms with Crippen molar-refractivity contribution in [3.63, 3.8) is 0 Å². The maximum absolute atomic E-state index is 5.31. The Bertz CT molecular complexity index is 718. The van der Waals surface area contributed by atoms with Gasteiger partial charge >= 0.3 is 0 Å². The number of rotatable bonds is 4. The molecule has 20 heavy (non-hydrogen) atoms. The van der Waals surface area contributed by atoms with Gasteiger partial charge in [0.2, 0.25) is 11.7 Å². The molecule has 0 aliphatic heterocycles. The minimum Gasteiger partial charge on any atom is -0.337 e. The predicted octanol–water partition coefficient (Wildman–Crippen LogP) is 2.96. The van der Waals surface area contributed by atoms with E-state index in [9.17, 15) is 0 Å². The predicted molar refractivity (Wildman–Crippen MR) is 77.1 cm³/mol. The van der Waals surface area contributed by atoms with Crippen LogP contribution in [0.5, 0.6) is 0 Å². The van der Waals surface area contributed by atoms with Gasteiger partial charge in [0, 0.05) is 5.39 Å². The number of hydrogen-bond acceptors (Lipinski definition) is 5. The van der Waals surface area contributed by atoms with E-state index in [1.807, 2.05) is 43.4 Å². The summed E-state index contributed by atoms with van der Waals surface area (Å²) in [6, 6.07) is 12.0. The van der Waals surface area contributed by atoms with E-state index < -0.39 is 0 Å². The van der Waals surface area contributed by atoms with Gasteiger partial charge in [0.25, 0.3) is 0 Å². The Morgan fingerprint density at radius 2 is 2.00 bits per heavy atom. The summed E-state index contributed by atoms with van der Waals surface area (Å²) in [5.74, 6) is 1.12. The maximum Gasteiger partial charge on any atom is 0.244 e. The Balaban J connectivity index is 1.98. The summed E-state index contributed by atoms with van der Waals surface area (Å²) >= 11 is 0. The molecule has 2 aromatic heterocycles. The fraction of sp³-hybridized carbons (Fsp3) is 0.267. The second-order valence-corrected chi connectivity index (χ2v) is 4.59. The second kappa shape index (κ2) is 5.38. The summed E-state index contributed by atoms with van der Waals surface area (Å²) in [6.07, 6.45) is 0.892. The number of hydrogen-bond donors (Lipinski definition) is 1. The minimum absolute atomic E-state index is 0.0803. The van der Waals surface area contributed by atoms with E-state index in [0.717, 1.165) is 23.0 Å². The van der Waals surface area contributed by atoms with Crippen LogP contribution >= 0.6 is 0 Å². The molecule has 0 aliphatic rings. The standard InChI is InChI=1S/C15H16N4O/c1-3-11(16-2)15-18-14(19-20-15)13-9-8-10-6-4-5-7-12(10)17-13/h4-9,11,16H,3H2,1-2H3. The molecule has 3 rings (SSSR count). The molecule has 0 spiro atoms. The highest BCUT2D eigenvalue weighted by molar-refractivity contribution is 5.80. The van der Waals surface area contributed by atoms with Gasteiger partial charge in [0.1, 0.15) is 5.69 Å². The van der Waals surface area contributed by atoms with E-state index in [1.165, 1.54) is 0 Å². The van der Waals surface area contributed by atoms with Crippen LogP contribution in [-0.4, -0.2) is 22.2 Å². The SMILES string of the molecule is CCC(NC)c1nc(-c2ccc3ccccc3n2)no1. The zero-order chi connectivity index (χ0) is 13.9. The lowest BCUT2D eigenvalue weighted by atomic mass is 10.2. The highest BCUT2D eigenvalue weighted by Crippen LogP contribution is 2.21. The highest BCUT2D eigenvalue weighted by Gasteiger charge is 2.16. The van der Waals surface area contributed by atoms with Crippen molar-refractivity contribution in [3.05, 3.63) is 42.3 Å². The van der Waals surface area contributed by atoms with Gasteiger partial charge in [-0.15, -0.1) is 0 Å². The van der Waals surface area contributed by atoms with Gasteiger partial charge in [0.15, 0.2) is 0 Å². The van der Waals surface area contributed by atoms with Crippen molar-refractivity contribution in [1.82, 2.24) is 20.4 Å². The lowest BCUT2D eigenvalue weighted by molar-refractivity contribution is 0.334. The quantitative estimate of drug-likeness (QED) is 0.788. The van der Waals surface area contributed by atoms with E-state index in [0.29, 0.717) is 11.7 Å². The van der Waals surface area contributed by atoms with Crippen molar-refractivity contribution in [1.29, 1.82) is 0 Å². The average Bonchev–Trinajstić information content (AvgIpc) is 2.98. The van der Waals surface area contributed by atoms with Crippen molar-refractivity contribution in [3.8, 4) is 11.5 Å². The Labute approximate surface area is 117 Å². The van der Waals surface area contributed by atoms with E-state index in [1.54, 1.807) is 0 Å². The van der Waals surface area contributed by atoms with E-state index in [2.05, 4.69) is 27.4 Å². The smallest absolute Gasteiger partial charge is 0.244 e. The molecule has 2 heterocycles.